The van der Waals surface area contributed by atoms with Gasteiger partial charge >= 0.3 is 5.97 Å². The number of methoxy groups -OCH3 is 1. The summed E-state index contributed by atoms with van der Waals surface area (Å²) in [5.41, 5.74) is 6.59. The Kier molecular flexibility index (Phi) is 6.59. The molecule has 9 heteroatoms. The van der Waals surface area contributed by atoms with E-state index in [4.69, 9.17) is 31.5 Å². The van der Waals surface area contributed by atoms with Gasteiger partial charge in [0.2, 0.25) is 5.78 Å². The van der Waals surface area contributed by atoms with Crippen LogP contribution in [0.5, 0.6) is 5.75 Å². The molecule has 8 nitrogen and oxygen atoms in total. The average molecular weight is 382 g/mol. The maximum Gasteiger partial charge on any atom is 0.344 e. The summed E-state index contributed by atoms with van der Waals surface area (Å²) >= 11 is 6.12. The monoisotopic (exact) mass is 381 g/mol. The summed E-state index contributed by atoms with van der Waals surface area (Å²) < 4.78 is 16.7. The van der Waals surface area contributed by atoms with Crippen LogP contribution in [0.25, 0.3) is 0 Å². The van der Waals surface area contributed by atoms with Gasteiger partial charge in [-0.25, -0.2) is 4.79 Å². The fourth-order valence-corrected chi connectivity index (χ4v) is 2.54. The molecule has 0 spiro atoms. The molecule has 0 saturated heterocycles. The quantitative estimate of drug-likeness (QED) is 0.423. The van der Waals surface area contributed by atoms with Gasteiger partial charge in [-0.2, -0.15) is 5.10 Å². The van der Waals surface area contributed by atoms with Gasteiger partial charge in [-0.15, -0.1) is 0 Å². The van der Waals surface area contributed by atoms with Crippen molar-refractivity contribution in [3.8, 4) is 5.75 Å². The second-order valence-electron chi connectivity index (χ2n) is 5.45. The number of benzene rings is 1. The van der Waals surface area contributed by atoms with Crippen molar-refractivity contribution in [2.75, 3.05) is 32.7 Å². The number of hydrogen-bond donors (Lipinski definition) is 1. The number of carbonyl (C=O) groups is 2. The fourth-order valence-electron chi connectivity index (χ4n) is 2.26. The zero-order valence-electron chi connectivity index (χ0n) is 14.7. The van der Waals surface area contributed by atoms with Gasteiger partial charge in [-0.05, 0) is 25.1 Å². The fraction of sp³-hybridized carbons (Fsp3) is 0.353. The highest BCUT2D eigenvalue weighted by atomic mass is 35.5. The van der Waals surface area contributed by atoms with Gasteiger partial charge in [-0.1, -0.05) is 11.6 Å². The van der Waals surface area contributed by atoms with Crippen molar-refractivity contribution in [2.24, 2.45) is 7.05 Å². The van der Waals surface area contributed by atoms with Gasteiger partial charge in [0.15, 0.2) is 6.61 Å². The summed E-state index contributed by atoms with van der Waals surface area (Å²) in [4.78, 5) is 24.4. The smallest absolute Gasteiger partial charge is 0.344 e. The Morgan fingerprint density at radius 1 is 1.31 bits per heavy atom. The van der Waals surface area contributed by atoms with E-state index in [0.717, 1.165) is 0 Å². The topological polar surface area (TPSA) is 106 Å². The third kappa shape index (κ3) is 4.53. The first-order valence-corrected chi connectivity index (χ1v) is 8.13. The summed E-state index contributed by atoms with van der Waals surface area (Å²) in [6.07, 6.45) is 0. The minimum Gasteiger partial charge on any atom is -0.491 e. The number of rotatable bonds is 8. The second kappa shape index (κ2) is 8.68. The molecule has 0 aliphatic heterocycles. The molecule has 140 valence electrons. The van der Waals surface area contributed by atoms with E-state index in [-0.39, 0.29) is 22.0 Å². The number of hydrogen-bond acceptors (Lipinski definition) is 7. The first-order valence-electron chi connectivity index (χ1n) is 7.75. The number of esters is 1. The molecule has 0 fully saturated rings. The number of carbonyl (C=O) groups excluding carboxylic acids is 2. The molecule has 1 aromatic carbocycles. The van der Waals surface area contributed by atoms with Crippen LogP contribution in [0.3, 0.4) is 0 Å². The predicted molar refractivity (Wildman–Crippen MR) is 95.8 cm³/mol. The van der Waals surface area contributed by atoms with Crippen molar-refractivity contribution in [2.45, 2.75) is 6.92 Å². The van der Waals surface area contributed by atoms with Crippen molar-refractivity contribution >= 4 is 29.2 Å². The Bertz CT molecular complexity index is 819. The lowest BCUT2D eigenvalue weighted by molar-refractivity contribution is 0.0475. The number of nitrogens with zero attached hydrogens (tertiary/aromatic N) is 2. The molecule has 0 aliphatic carbocycles. The summed E-state index contributed by atoms with van der Waals surface area (Å²) in [6, 6.07) is 4.65. The predicted octanol–water partition coefficient (Wildman–Crippen LogP) is 2.03. The van der Waals surface area contributed by atoms with E-state index in [0.29, 0.717) is 24.7 Å². The van der Waals surface area contributed by atoms with Gasteiger partial charge in [0.05, 0.1) is 17.3 Å². The molecule has 1 aromatic heterocycles. The largest absolute Gasteiger partial charge is 0.491 e. The highest BCUT2D eigenvalue weighted by molar-refractivity contribution is 6.34. The van der Waals surface area contributed by atoms with Crippen molar-refractivity contribution < 1.29 is 23.8 Å². The van der Waals surface area contributed by atoms with E-state index >= 15 is 0 Å². The molecule has 2 aromatic rings. The molecule has 0 unspecified atom stereocenters. The molecule has 0 saturated carbocycles. The van der Waals surface area contributed by atoms with E-state index in [9.17, 15) is 9.59 Å². The van der Waals surface area contributed by atoms with Crippen LogP contribution < -0.4 is 10.5 Å². The molecule has 26 heavy (non-hydrogen) atoms. The van der Waals surface area contributed by atoms with E-state index < -0.39 is 18.4 Å². The number of nitrogen functional groups attached to an aromatic ring is 1. The lowest BCUT2D eigenvalue weighted by Crippen LogP contribution is -2.16. The summed E-state index contributed by atoms with van der Waals surface area (Å²) in [7, 11) is 3.18. The van der Waals surface area contributed by atoms with Gasteiger partial charge in [0.25, 0.3) is 0 Å². The zero-order chi connectivity index (χ0) is 19.3. The van der Waals surface area contributed by atoms with E-state index in [1.807, 2.05) is 0 Å². The van der Waals surface area contributed by atoms with Gasteiger partial charge in [0.1, 0.15) is 23.7 Å². The third-order valence-electron chi connectivity index (χ3n) is 3.60. The Labute approximate surface area is 155 Å². The lowest BCUT2D eigenvalue weighted by atomic mass is 10.1. The molecule has 0 bridgehead atoms. The molecular formula is C17H20ClN3O5. The van der Waals surface area contributed by atoms with Gasteiger partial charge < -0.3 is 19.9 Å². The molecule has 2 rings (SSSR count). The van der Waals surface area contributed by atoms with Crippen molar-refractivity contribution in [3.63, 3.8) is 0 Å². The number of ketones is 1. The Morgan fingerprint density at radius 3 is 2.62 bits per heavy atom. The van der Waals surface area contributed by atoms with Gasteiger partial charge in [-0.3, -0.25) is 9.48 Å². The SMILES string of the molecule is COCCOc1ccc(C(=O)COC(=O)c2c(C)nn(C)c2N)c(Cl)c1. The number of anilines is 1. The van der Waals surface area contributed by atoms with E-state index in [2.05, 4.69) is 5.10 Å². The normalized spacial score (nSPS) is 10.6. The van der Waals surface area contributed by atoms with Crippen molar-refractivity contribution in [1.82, 2.24) is 9.78 Å². The minimum atomic E-state index is -0.711. The van der Waals surface area contributed by atoms with Crippen LogP contribution in [0.4, 0.5) is 5.82 Å². The average Bonchev–Trinajstić information content (AvgIpc) is 2.85. The standard InChI is InChI=1S/C17H20ClN3O5/c1-10-15(16(19)21(2)20-10)17(23)26-9-14(22)12-5-4-11(8-13(12)18)25-7-6-24-3/h4-5,8H,6-7,9,19H2,1-3H3. The molecule has 0 atom stereocenters. The van der Waals surface area contributed by atoms with Crippen molar-refractivity contribution in [1.29, 1.82) is 0 Å². The summed E-state index contributed by atoms with van der Waals surface area (Å²) in [5, 5.41) is 4.24. The van der Waals surface area contributed by atoms with Crippen LogP contribution in [0.15, 0.2) is 18.2 Å². The molecule has 0 aliphatic rings. The molecule has 0 radical (unpaired) electrons. The van der Waals surface area contributed by atoms with Crippen LogP contribution in [0, 0.1) is 6.92 Å². The highest BCUT2D eigenvalue weighted by Gasteiger charge is 2.21. The van der Waals surface area contributed by atoms with Crippen LogP contribution in [0.1, 0.15) is 26.4 Å². The highest BCUT2D eigenvalue weighted by Crippen LogP contribution is 2.23. The first kappa shape index (κ1) is 19.7. The Hall–Kier alpha value is -2.58. The van der Waals surface area contributed by atoms with E-state index in [1.165, 1.54) is 16.8 Å². The number of aromatic nitrogens is 2. The maximum atomic E-state index is 12.3. The number of aryl methyl sites for hydroxylation is 2. The molecule has 1 heterocycles. The third-order valence-corrected chi connectivity index (χ3v) is 3.91. The van der Waals surface area contributed by atoms with Crippen LogP contribution in [0.2, 0.25) is 5.02 Å². The van der Waals surface area contributed by atoms with Crippen LogP contribution >= 0.6 is 11.6 Å². The summed E-state index contributed by atoms with van der Waals surface area (Å²) in [6.45, 7) is 1.97. The second-order valence-corrected chi connectivity index (χ2v) is 5.86. The summed E-state index contributed by atoms with van der Waals surface area (Å²) in [5.74, 6) is -0.459. The lowest BCUT2D eigenvalue weighted by Gasteiger charge is -2.09. The first-order chi connectivity index (χ1) is 12.3. The number of nitrogens with two attached hydrogens (primary N) is 1. The molecule has 2 N–H and O–H groups in total. The minimum absolute atomic E-state index is 0.147. The van der Waals surface area contributed by atoms with Crippen molar-refractivity contribution in [3.05, 3.63) is 40.0 Å². The number of halogens is 1. The molecule has 0 amide bonds. The van der Waals surface area contributed by atoms with Gasteiger partial charge in [0, 0.05) is 19.7 Å². The zero-order valence-corrected chi connectivity index (χ0v) is 15.5. The van der Waals surface area contributed by atoms with Crippen LogP contribution in [-0.4, -0.2) is 48.5 Å². The Balaban J connectivity index is 2.00. The van der Waals surface area contributed by atoms with Crippen LogP contribution in [-0.2, 0) is 16.5 Å². The Morgan fingerprint density at radius 2 is 2.04 bits per heavy atom. The maximum absolute atomic E-state index is 12.3. The number of ether oxygens (including phenoxy) is 3. The van der Waals surface area contributed by atoms with E-state index in [1.54, 1.807) is 27.1 Å². The number of Topliss-reactive ketones (excluding diaryl/α,β-unsaturated/α-hetero) is 1. The molecular weight excluding hydrogens is 362 g/mol.